The van der Waals surface area contributed by atoms with Gasteiger partial charge in [-0.15, -0.1) is 0 Å². The Bertz CT molecular complexity index is 731. The summed E-state index contributed by atoms with van der Waals surface area (Å²) in [4.78, 5) is 19.5. The van der Waals surface area contributed by atoms with Crippen molar-refractivity contribution in [3.63, 3.8) is 0 Å². The molecule has 1 atom stereocenters. The lowest BCUT2D eigenvalue weighted by atomic mass is 9.71. The van der Waals surface area contributed by atoms with Gasteiger partial charge in [-0.2, -0.15) is 0 Å². The number of hydrogen-bond donors (Lipinski definition) is 1. The zero-order chi connectivity index (χ0) is 18.6. The van der Waals surface area contributed by atoms with Crippen LogP contribution in [0.2, 0.25) is 0 Å². The zero-order valence-electron chi connectivity index (χ0n) is 15.9. The maximum atomic E-state index is 9.85. The molecular formula is C20H29FN2O2. The first-order valence-electron chi connectivity index (χ1n) is 9.02. The standard InChI is InChI=1S/C19H28N2.CHFO2/c1-6-7-15-12(2)20-17-11-13-10-14(19(3,4)5)8-9-16(13)21-18(15)17;2-4-1-3/h11,14,20H,6-10H2,1-5H3;1H. The third-order valence-corrected chi connectivity index (χ3v) is 5.21. The maximum absolute atomic E-state index is 9.85. The van der Waals surface area contributed by atoms with Crippen LogP contribution in [0.15, 0.2) is 6.07 Å². The Hall–Kier alpha value is -1.91. The van der Waals surface area contributed by atoms with E-state index >= 15 is 0 Å². The lowest BCUT2D eigenvalue weighted by molar-refractivity contribution is -0.165. The van der Waals surface area contributed by atoms with E-state index in [9.17, 15) is 4.53 Å². The Morgan fingerprint density at radius 2 is 2.12 bits per heavy atom. The van der Waals surface area contributed by atoms with E-state index in [0.29, 0.717) is 5.41 Å². The largest absolute Gasteiger partial charge is 0.357 e. The summed E-state index contributed by atoms with van der Waals surface area (Å²) in [5, 5.41) is 0. The van der Waals surface area contributed by atoms with Crippen LogP contribution in [0.1, 0.15) is 63.1 Å². The number of pyridine rings is 1. The Kier molecular flexibility index (Phi) is 6.20. The van der Waals surface area contributed by atoms with Gasteiger partial charge >= 0.3 is 6.47 Å². The van der Waals surface area contributed by atoms with Crippen molar-refractivity contribution in [2.24, 2.45) is 11.3 Å². The molecule has 25 heavy (non-hydrogen) atoms. The van der Waals surface area contributed by atoms with Crippen LogP contribution in [0, 0.1) is 18.3 Å². The number of halogens is 1. The van der Waals surface area contributed by atoms with Gasteiger partial charge in [0, 0.05) is 15.9 Å². The number of carbonyl (C=O) groups excluding carboxylic acids is 1. The first kappa shape index (κ1) is 19.4. The first-order valence-corrected chi connectivity index (χ1v) is 9.02. The summed E-state index contributed by atoms with van der Waals surface area (Å²) in [7, 11) is 0. The van der Waals surface area contributed by atoms with E-state index in [1.54, 1.807) is 0 Å². The van der Waals surface area contributed by atoms with Gasteiger partial charge in [0.2, 0.25) is 0 Å². The second kappa shape index (κ2) is 7.98. The van der Waals surface area contributed by atoms with Gasteiger partial charge in [0.05, 0.1) is 11.0 Å². The van der Waals surface area contributed by atoms with Crippen LogP contribution >= 0.6 is 0 Å². The molecule has 0 aromatic carbocycles. The molecule has 0 radical (unpaired) electrons. The van der Waals surface area contributed by atoms with E-state index in [2.05, 4.69) is 50.6 Å². The van der Waals surface area contributed by atoms with Gasteiger partial charge in [-0.1, -0.05) is 34.1 Å². The van der Waals surface area contributed by atoms with Crippen LogP contribution in [0.25, 0.3) is 11.0 Å². The fraction of sp³-hybridized carbons (Fsp3) is 0.600. The van der Waals surface area contributed by atoms with Crippen molar-refractivity contribution in [3.05, 3.63) is 28.6 Å². The van der Waals surface area contributed by atoms with Gasteiger partial charge in [-0.05, 0) is 61.1 Å². The lowest BCUT2D eigenvalue weighted by Gasteiger charge is -2.34. The number of nitrogens with zero attached hydrogens (tertiary/aromatic N) is 1. The third kappa shape index (κ3) is 4.39. The fourth-order valence-corrected chi connectivity index (χ4v) is 3.74. The van der Waals surface area contributed by atoms with E-state index in [4.69, 9.17) is 9.78 Å². The summed E-state index contributed by atoms with van der Waals surface area (Å²) in [6.07, 6.45) is 5.91. The predicted molar refractivity (Wildman–Crippen MR) is 98.1 cm³/mol. The molecule has 1 N–H and O–H groups in total. The average molecular weight is 348 g/mol. The molecule has 0 saturated heterocycles. The molecule has 5 heteroatoms. The van der Waals surface area contributed by atoms with Crippen LogP contribution in [-0.4, -0.2) is 16.4 Å². The minimum Gasteiger partial charge on any atom is -0.357 e. The highest BCUT2D eigenvalue weighted by atomic mass is 19.3. The zero-order valence-corrected chi connectivity index (χ0v) is 15.9. The molecule has 2 aromatic rings. The van der Waals surface area contributed by atoms with Gasteiger partial charge in [-0.25, -0.2) is 0 Å². The molecule has 4 nitrogen and oxygen atoms in total. The van der Waals surface area contributed by atoms with E-state index in [1.165, 1.54) is 52.8 Å². The summed E-state index contributed by atoms with van der Waals surface area (Å²) in [5.74, 6) is 0.774. The number of rotatable bonds is 3. The number of hydrogen-bond acceptors (Lipinski definition) is 3. The molecule has 0 aliphatic heterocycles. The molecule has 0 bridgehead atoms. The maximum Gasteiger partial charge on any atom is 0.337 e. The van der Waals surface area contributed by atoms with Crippen molar-refractivity contribution >= 4 is 17.5 Å². The van der Waals surface area contributed by atoms with Crippen LogP contribution in [-0.2, 0) is 29.0 Å². The predicted octanol–water partition coefficient (Wildman–Crippen LogP) is 5.02. The number of aryl methyl sites for hydroxylation is 3. The van der Waals surface area contributed by atoms with Crippen molar-refractivity contribution in [1.82, 2.24) is 9.97 Å². The van der Waals surface area contributed by atoms with E-state index < -0.39 is 0 Å². The van der Waals surface area contributed by atoms with E-state index in [0.717, 1.165) is 18.8 Å². The third-order valence-electron chi connectivity index (χ3n) is 5.21. The van der Waals surface area contributed by atoms with Gasteiger partial charge in [0.15, 0.2) is 0 Å². The molecule has 2 aromatic heterocycles. The Morgan fingerprint density at radius 1 is 1.44 bits per heavy atom. The second-order valence-corrected chi connectivity index (χ2v) is 7.96. The van der Waals surface area contributed by atoms with Crippen molar-refractivity contribution in [3.8, 4) is 0 Å². The van der Waals surface area contributed by atoms with Crippen molar-refractivity contribution in [2.45, 2.75) is 66.7 Å². The second-order valence-electron chi connectivity index (χ2n) is 7.96. The van der Waals surface area contributed by atoms with Crippen molar-refractivity contribution in [1.29, 1.82) is 0 Å². The van der Waals surface area contributed by atoms with E-state index in [1.807, 2.05) is 0 Å². The molecule has 0 fully saturated rings. The molecule has 2 heterocycles. The number of fused-ring (bicyclic) bond motifs is 2. The summed E-state index contributed by atoms with van der Waals surface area (Å²) >= 11 is 0. The first-order chi connectivity index (χ1) is 11.8. The number of aromatic nitrogens is 2. The topological polar surface area (TPSA) is 55.0 Å². The number of nitrogens with one attached hydrogen (secondary N) is 1. The summed E-state index contributed by atoms with van der Waals surface area (Å²) in [5.41, 5.74) is 8.40. The molecule has 1 unspecified atom stereocenters. The highest BCUT2D eigenvalue weighted by molar-refractivity contribution is 5.81. The van der Waals surface area contributed by atoms with Crippen LogP contribution in [0.3, 0.4) is 0 Å². The number of carbonyl (C=O) groups is 1. The van der Waals surface area contributed by atoms with Crippen LogP contribution < -0.4 is 0 Å². The highest BCUT2D eigenvalue weighted by Gasteiger charge is 2.29. The van der Waals surface area contributed by atoms with Crippen molar-refractivity contribution in [2.75, 3.05) is 0 Å². The monoisotopic (exact) mass is 348 g/mol. The summed E-state index contributed by atoms with van der Waals surface area (Å²) in [6, 6.07) is 2.38. The fourth-order valence-electron chi connectivity index (χ4n) is 3.74. The normalized spacial score (nSPS) is 16.8. The highest BCUT2D eigenvalue weighted by Crippen LogP contribution is 2.38. The molecule has 3 rings (SSSR count). The molecule has 0 saturated carbocycles. The van der Waals surface area contributed by atoms with Gasteiger partial charge in [-0.3, -0.25) is 14.7 Å². The number of aromatic amines is 1. The molecule has 0 spiro atoms. The Balaban J connectivity index is 0.000000511. The molecule has 1 aliphatic rings. The van der Waals surface area contributed by atoms with Crippen molar-refractivity contribution < 1.29 is 14.3 Å². The molecular weight excluding hydrogens is 319 g/mol. The van der Waals surface area contributed by atoms with Gasteiger partial charge in [0.25, 0.3) is 0 Å². The molecule has 1 aliphatic carbocycles. The lowest BCUT2D eigenvalue weighted by Crippen LogP contribution is -2.27. The summed E-state index contributed by atoms with van der Waals surface area (Å²) in [6.45, 7) is 11.2. The van der Waals surface area contributed by atoms with Gasteiger partial charge in [0.1, 0.15) is 0 Å². The van der Waals surface area contributed by atoms with Gasteiger partial charge < -0.3 is 4.98 Å². The van der Waals surface area contributed by atoms with Crippen LogP contribution in [0.5, 0.6) is 0 Å². The SMILES string of the molecule is CCCc1c(C)[nH]c2cc3c(nc12)CCC(C(C)(C)C)C3.O=COF. The summed E-state index contributed by atoms with van der Waals surface area (Å²) < 4.78 is 9.85. The molecule has 138 valence electrons. The van der Waals surface area contributed by atoms with Crippen LogP contribution in [0.4, 0.5) is 4.53 Å². The minimum atomic E-state index is -0.292. The Labute approximate surface area is 149 Å². The average Bonchev–Trinajstić information content (AvgIpc) is 2.87. The quantitative estimate of drug-likeness (QED) is 0.793. The van der Waals surface area contributed by atoms with E-state index in [-0.39, 0.29) is 6.47 Å². The number of H-pyrrole nitrogens is 1. The molecule has 0 amide bonds. The minimum absolute atomic E-state index is 0.292. The Morgan fingerprint density at radius 3 is 2.68 bits per heavy atom. The smallest absolute Gasteiger partial charge is 0.337 e.